The smallest absolute Gasteiger partial charge is 0.246 e. The average Bonchev–Trinajstić information content (AvgIpc) is 3.26. The molecule has 3 atom stereocenters. The van der Waals surface area contributed by atoms with Crippen LogP contribution in [-0.2, 0) is 4.79 Å². The molecule has 2 heterocycles. The maximum absolute atomic E-state index is 13.7. The highest BCUT2D eigenvalue weighted by atomic mass is 19.1. The largest absolute Gasteiger partial charge is 0.476 e. The lowest BCUT2D eigenvalue weighted by atomic mass is 9.55. The number of nitrogens with zero attached hydrogens (tertiary/aromatic N) is 5. The van der Waals surface area contributed by atoms with Crippen molar-refractivity contribution in [3.05, 3.63) is 53.5 Å². The molecule has 3 saturated carbocycles. The van der Waals surface area contributed by atoms with E-state index in [4.69, 9.17) is 10.00 Å². The van der Waals surface area contributed by atoms with Gasteiger partial charge in [0.2, 0.25) is 11.8 Å². The van der Waals surface area contributed by atoms with Gasteiger partial charge in [0.1, 0.15) is 17.7 Å². The molecule has 1 amide bonds. The maximum atomic E-state index is 13.7. The van der Waals surface area contributed by atoms with Crippen LogP contribution in [0.3, 0.4) is 0 Å². The summed E-state index contributed by atoms with van der Waals surface area (Å²) in [6.45, 7) is 0.420. The minimum atomic E-state index is -0.665. The third-order valence-corrected chi connectivity index (χ3v) is 6.83. The minimum absolute atomic E-state index is 0.0975. The van der Waals surface area contributed by atoms with Crippen LogP contribution in [0.5, 0.6) is 5.88 Å². The lowest BCUT2D eigenvalue weighted by molar-refractivity contribution is -0.148. The number of hydrogen-bond donors (Lipinski definition) is 0. The van der Waals surface area contributed by atoms with E-state index in [-0.39, 0.29) is 23.4 Å². The fourth-order valence-corrected chi connectivity index (χ4v) is 5.12. The SMILES string of the molecule is N#Cc1cnc(OCC2CC(C(=O)N3N=CC[C@@H]3c3cc(F)cc(F)c3)C3CC2C3)cn1. The number of hydrazone groups is 1. The summed E-state index contributed by atoms with van der Waals surface area (Å²) in [5, 5.41) is 14.5. The van der Waals surface area contributed by atoms with Gasteiger partial charge in [-0.3, -0.25) is 4.79 Å². The van der Waals surface area contributed by atoms with Crippen molar-refractivity contribution >= 4 is 12.1 Å². The molecule has 3 aliphatic carbocycles. The molecule has 1 aliphatic heterocycles. The second-order valence-corrected chi connectivity index (χ2v) is 8.69. The van der Waals surface area contributed by atoms with Gasteiger partial charge in [-0.25, -0.2) is 23.8 Å². The standard InChI is InChI=1S/C23H21F2N5O2/c24-17-5-15(6-18(25)8-17)21-1-2-29-30(21)23(31)20-7-16(13-3-14(20)4-13)12-32-22-11-27-19(9-26)10-28-22/h2,5-6,8,10-11,13-14,16,20-21H,1,3-4,7,12H2/t13?,14?,16?,20?,21-/m1/s1. The zero-order valence-corrected chi connectivity index (χ0v) is 17.2. The number of hydrogen-bond acceptors (Lipinski definition) is 6. The van der Waals surface area contributed by atoms with Gasteiger partial charge in [-0.1, -0.05) is 0 Å². The van der Waals surface area contributed by atoms with Crippen LogP contribution < -0.4 is 4.74 Å². The average molecular weight is 437 g/mol. The Kier molecular flexibility index (Phi) is 5.29. The summed E-state index contributed by atoms with van der Waals surface area (Å²) in [5.74, 6) is -0.265. The molecule has 4 aliphatic rings. The molecule has 0 saturated heterocycles. The Morgan fingerprint density at radius 2 is 1.91 bits per heavy atom. The predicted octanol–water partition coefficient (Wildman–Crippen LogP) is 3.63. The van der Waals surface area contributed by atoms with Crippen molar-refractivity contribution in [1.82, 2.24) is 15.0 Å². The van der Waals surface area contributed by atoms with Crippen LogP contribution >= 0.6 is 0 Å². The molecule has 2 aromatic rings. The first kappa shape index (κ1) is 20.5. The van der Waals surface area contributed by atoms with Crippen LogP contribution in [-0.4, -0.2) is 33.7 Å². The molecule has 0 spiro atoms. The summed E-state index contributed by atoms with van der Waals surface area (Å²) in [6, 6.07) is 4.77. The molecular formula is C23H21F2N5O2. The molecule has 32 heavy (non-hydrogen) atoms. The number of aromatic nitrogens is 2. The number of ether oxygens (including phenoxy) is 1. The summed E-state index contributed by atoms with van der Waals surface area (Å²) in [6.07, 6.45) is 7.44. The summed E-state index contributed by atoms with van der Waals surface area (Å²) >= 11 is 0. The first-order valence-electron chi connectivity index (χ1n) is 10.7. The van der Waals surface area contributed by atoms with Crippen molar-refractivity contribution in [1.29, 1.82) is 5.26 Å². The first-order chi connectivity index (χ1) is 15.5. The highest BCUT2D eigenvalue weighted by Crippen LogP contribution is 2.53. The molecule has 3 fully saturated rings. The molecular weight excluding hydrogens is 416 g/mol. The quantitative estimate of drug-likeness (QED) is 0.712. The van der Waals surface area contributed by atoms with Gasteiger partial charge < -0.3 is 4.74 Å². The minimum Gasteiger partial charge on any atom is -0.476 e. The van der Waals surface area contributed by atoms with Gasteiger partial charge in [-0.15, -0.1) is 0 Å². The third kappa shape index (κ3) is 3.81. The van der Waals surface area contributed by atoms with E-state index in [1.54, 1.807) is 6.21 Å². The van der Waals surface area contributed by atoms with E-state index in [2.05, 4.69) is 15.1 Å². The molecule has 0 radical (unpaired) electrons. The number of halogens is 2. The number of rotatable bonds is 5. The highest BCUT2D eigenvalue weighted by molar-refractivity contribution is 5.82. The summed E-state index contributed by atoms with van der Waals surface area (Å²) in [4.78, 5) is 21.5. The molecule has 0 N–H and O–H groups in total. The molecule has 7 nitrogen and oxygen atoms in total. The number of carbonyl (C=O) groups excluding carboxylic acids is 1. The van der Waals surface area contributed by atoms with E-state index in [1.165, 1.54) is 29.5 Å². The monoisotopic (exact) mass is 437 g/mol. The molecule has 1 aromatic carbocycles. The second-order valence-electron chi connectivity index (χ2n) is 8.69. The van der Waals surface area contributed by atoms with E-state index >= 15 is 0 Å². The van der Waals surface area contributed by atoms with Gasteiger partial charge in [-0.2, -0.15) is 10.4 Å². The number of amides is 1. The molecule has 6 rings (SSSR count). The Labute approximate surface area is 183 Å². The Morgan fingerprint density at radius 1 is 1.12 bits per heavy atom. The van der Waals surface area contributed by atoms with E-state index in [0.29, 0.717) is 42.7 Å². The lowest BCUT2D eigenvalue weighted by Crippen LogP contribution is -2.50. The Hall–Kier alpha value is -3.41. The van der Waals surface area contributed by atoms with Crippen LogP contribution in [0.1, 0.15) is 43.0 Å². The van der Waals surface area contributed by atoms with Crippen molar-refractivity contribution in [2.75, 3.05) is 6.61 Å². The zero-order valence-electron chi connectivity index (χ0n) is 17.2. The zero-order chi connectivity index (χ0) is 22.2. The van der Waals surface area contributed by atoms with Crippen molar-refractivity contribution in [2.24, 2.45) is 28.8 Å². The van der Waals surface area contributed by atoms with Crippen molar-refractivity contribution in [3.8, 4) is 11.9 Å². The van der Waals surface area contributed by atoms with E-state index < -0.39 is 17.7 Å². The van der Waals surface area contributed by atoms with Crippen LogP contribution in [0, 0.1) is 46.6 Å². The van der Waals surface area contributed by atoms with E-state index in [9.17, 15) is 13.6 Å². The third-order valence-electron chi connectivity index (χ3n) is 6.83. The van der Waals surface area contributed by atoms with Crippen molar-refractivity contribution < 1.29 is 18.3 Å². The van der Waals surface area contributed by atoms with E-state index in [0.717, 1.165) is 18.9 Å². The van der Waals surface area contributed by atoms with Gasteiger partial charge in [0.15, 0.2) is 5.69 Å². The van der Waals surface area contributed by atoms with Crippen molar-refractivity contribution in [3.63, 3.8) is 0 Å². The van der Waals surface area contributed by atoms with Gasteiger partial charge in [-0.05, 0) is 54.7 Å². The van der Waals surface area contributed by atoms with Crippen LogP contribution in [0.4, 0.5) is 8.78 Å². The van der Waals surface area contributed by atoms with Gasteiger partial charge >= 0.3 is 0 Å². The lowest BCUT2D eigenvalue weighted by Gasteiger charge is -2.51. The molecule has 2 unspecified atom stereocenters. The Morgan fingerprint density at radius 3 is 2.59 bits per heavy atom. The normalized spacial score (nSPS) is 28.2. The van der Waals surface area contributed by atoms with Crippen LogP contribution in [0.25, 0.3) is 0 Å². The van der Waals surface area contributed by atoms with Crippen LogP contribution in [0.15, 0.2) is 35.7 Å². The van der Waals surface area contributed by atoms with Crippen molar-refractivity contribution in [2.45, 2.75) is 31.7 Å². The number of benzene rings is 1. The first-order valence-corrected chi connectivity index (χ1v) is 10.7. The number of carbonyl (C=O) groups is 1. The van der Waals surface area contributed by atoms with Gasteiger partial charge in [0.05, 0.1) is 25.0 Å². The van der Waals surface area contributed by atoms with Gasteiger partial charge in [0.25, 0.3) is 0 Å². The fraction of sp³-hybridized carbons (Fsp3) is 0.435. The molecule has 9 heteroatoms. The fourth-order valence-electron chi connectivity index (χ4n) is 5.12. The highest BCUT2D eigenvalue weighted by Gasteiger charge is 2.50. The molecule has 164 valence electrons. The Balaban J connectivity index is 1.26. The summed E-state index contributed by atoms with van der Waals surface area (Å²) in [7, 11) is 0. The topological polar surface area (TPSA) is 91.5 Å². The molecule has 1 aromatic heterocycles. The maximum Gasteiger partial charge on any atom is 0.246 e. The summed E-state index contributed by atoms with van der Waals surface area (Å²) < 4.78 is 33.2. The second kappa shape index (κ2) is 8.26. The summed E-state index contributed by atoms with van der Waals surface area (Å²) in [5.41, 5.74) is 0.635. The number of fused-ring (bicyclic) bond motifs is 2. The van der Waals surface area contributed by atoms with Crippen LogP contribution in [0.2, 0.25) is 0 Å². The van der Waals surface area contributed by atoms with E-state index in [1.807, 2.05) is 6.07 Å². The van der Waals surface area contributed by atoms with Gasteiger partial charge in [0, 0.05) is 24.6 Å². The number of nitriles is 1. The Bertz CT molecular complexity index is 1070. The molecule has 2 bridgehead atoms. The predicted molar refractivity (Wildman–Crippen MR) is 109 cm³/mol.